The van der Waals surface area contributed by atoms with Crippen molar-refractivity contribution < 1.29 is 19.4 Å². The number of benzene rings is 1. The minimum atomic E-state index is 0.203. The molecule has 27 heavy (non-hydrogen) atoms. The number of pyridine rings is 1. The molecule has 0 aliphatic carbocycles. The fraction of sp³-hybridized carbons (Fsp3) is 0.429. The van der Waals surface area contributed by atoms with E-state index in [1.54, 1.807) is 18.5 Å². The molecule has 0 spiro atoms. The van der Waals surface area contributed by atoms with Gasteiger partial charge in [0.2, 0.25) is 0 Å². The Morgan fingerprint density at radius 2 is 1.96 bits per heavy atom. The maximum atomic E-state index is 10.6. The first-order chi connectivity index (χ1) is 13.0. The number of aromatic nitrogens is 1. The second-order valence-corrected chi connectivity index (χ2v) is 7.09. The van der Waals surface area contributed by atoms with Crippen LogP contribution in [0.15, 0.2) is 30.6 Å². The molecule has 2 rings (SSSR count). The summed E-state index contributed by atoms with van der Waals surface area (Å²) < 4.78 is 11.4. The van der Waals surface area contributed by atoms with Crippen LogP contribution in [0.25, 0.3) is 0 Å². The smallest absolute Gasteiger partial charge is 0.139 e. The number of carbonyl (C=O) groups excluding carboxylic acids is 1. The van der Waals surface area contributed by atoms with Crippen LogP contribution in [-0.2, 0) is 11.2 Å². The lowest BCUT2D eigenvalue weighted by Crippen LogP contribution is -2.05. The summed E-state index contributed by atoms with van der Waals surface area (Å²) in [6.45, 7) is 4.93. The lowest BCUT2D eigenvalue weighted by Gasteiger charge is -2.15. The van der Waals surface area contributed by atoms with Crippen LogP contribution in [0.3, 0.4) is 0 Å². The van der Waals surface area contributed by atoms with Gasteiger partial charge < -0.3 is 19.4 Å². The minimum absolute atomic E-state index is 0.203. The van der Waals surface area contributed by atoms with Crippen molar-refractivity contribution in [1.82, 2.24) is 4.98 Å². The van der Waals surface area contributed by atoms with Crippen LogP contribution < -0.4 is 9.47 Å². The highest BCUT2D eigenvalue weighted by Gasteiger charge is 2.12. The fourth-order valence-corrected chi connectivity index (χ4v) is 2.89. The van der Waals surface area contributed by atoms with E-state index in [2.05, 4.69) is 4.98 Å². The number of carbonyl (C=O) groups is 1. The molecule has 5 nitrogen and oxygen atoms in total. The van der Waals surface area contributed by atoms with Crippen molar-refractivity contribution in [2.75, 3.05) is 13.2 Å². The number of nitrogens with zero attached hydrogens (tertiary/aromatic N) is 1. The second kappa shape index (κ2) is 10.8. The van der Waals surface area contributed by atoms with E-state index in [0.717, 1.165) is 30.3 Å². The van der Waals surface area contributed by atoms with Crippen LogP contribution in [-0.4, -0.2) is 29.6 Å². The third-order valence-corrected chi connectivity index (χ3v) is 4.48. The topological polar surface area (TPSA) is 68.7 Å². The molecule has 1 aromatic heterocycles. The number of unbranched alkanes of at least 4 members (excludes halogenated alkanes) is 1. The first-order valence-corrected chi connectivity index (χ1v) is 9.50. The third kappa shape index (κ3) is 6.75. The highest BCUT2D eigenvalue weighted by Crippen LogP contribution is 2.32. The molecule has 1 N–H and O–H groups in total. The number of hydrogen-bond acceptors (Lipinski definition) is 5. The zero-order valence-corrected chi connectivity index (χ0v) is 16.5. The van der Waals surface area contributed by atoms with E-state index in [9.17, 15) is 9.90 Å². The first-order valence-electron chi connectivity index (χ1n) is 9.12. The lowest BCUT2D eigenvalue weighted by atomic mass is 9.96. The lowest BCUT2D eigenvalue weighted by molar-refractivity contribution is -0.108. The molecule has 0 saturated carbocycles. The summed E-state index contributed by atoms with van der Waals surface area (Å²) in [6, 6.07) is 5.48. The van der Waals surface area contributed by atoms with E-state index in [-0.39, 0.29) is 11.7 Å². The van der Waals surface area contributed by atoms with Crippen molar-refractivity contribution in [3.63, 3.8) is 0 Å². The van der Waals surface area contributed by atoms with Gasteiger partial charge in [-0.2, -0.15) is 0 Å². The van der Waals surface area contributed by atoms with Crippen LogP contribution >= 0.6 is 11.6 Å². The van der Waals surface area contributed by atoms with E-state index in [4.69, 9.17) is 21.1 Å². The van der Waals surface area contributed by atoms with Crippen molar-refractivity contribution in [1.29, 1.82) is 0 Å². The van der Waals surface area contributed by atoms with Gasteiger partial charge >= 0.3 is 0 Å². The number of halogens is 1. The maximum absolute atomic E-state index is 10.6. The predicted molar refractivity (Wildman–Crippen MR) is 106 cm³/mol. The van der Waals surface area contributed by atoms with Gasteiger partial charge in [-0.15, -0.1) is 0 Å². The summed E-state index contributed by atoms with van der Waals surface area (Å²) in [7, 11) is 0. The molecule has 0 radical (unpaired) electrons. The second-order valence-electron chi connectivity index (χ2n) is 6.65. The van der Waals surface area contributed by atoms with Gasteiger partial charge in [0.1, 0.15) is 23.5 Å². The average Bonchev–Trinajstić information content (AvgIpc) is 2.64. The molecule has 0 aliphatic heterocycles. The number of hydrogen-bond donors (Lipinski definition) is 1. The molecular weight excluding hydrogens is 366 g/mol. The number of aldehydes is 1. The molecule has 2 aromatic rings. The van der Waals surface area contributed by atoms with Gasteiger partial charge in [0.15, 0.2) is 0 Å². The molecule has 0 saturated heterocycles. The largest absolute Gasteiger partial charge is 0.507 e. The van der Waals surface area contributed by atoms with Crippen molar-refractivity contribution in [3.05, 3.63) is 46.7 Å². The molecule has 1 unspecified atom stereocenters. The van der Waals surface area contributed by atoms with Gasteiger partial charge in [-0.3, -0.25) is 4.98 Å². The van der Waals surface area contributed by atoms with E-state index < -0.39 is 0 Å². The Bertz CT molecular complexity index is 751. The third-order valence-electron chi connectivity index (χ3n) is 4.28. The van der Waals surface area contributed by atoms with Crippen LogP contribution in [0.1, 0.15) is 37.3 Å². The Morgan fingerprint density at radius 3 is 2.67 bits per heavy atom. The maximum Gasteiger partial charge on any atom is 0.139 e. The van der Waals surface area contributed by atoms with Gasteiger partial charge in [0, 0.05) is 24.2 Å². The van der Waals surface area contributed by atoms with Crippen molar-refractivity contribution >= 4 is 17.9 Å². The molecule has 6 heteroatoms. The van der Waals surface area contributed by atoms with Crippen molar-refractivity contribution in [2.45, 2.75) is 39.5 Å². The number of aromatic hydroxyl groups is 1. The summed E-state index contributed by atoms with van der Waals surface area (Å²) >= 11 is 5.86. The molecule has 1 aromatic carbocycles. The average molecular weight is 392 g/mol. The Hall–Kier alpha value is -2.27. The molecule has 0 aliphatic rings. The summed E-state index contributed by atoms with van der Waals surface area (Å²) in [5, 5.41) is 10.9. The van der Waals surface area contributed by atoms with E-state index in [1.807, 2.05) is 26.0 Å². The molecule has 146 valence electrons. The summed E-state index contributed by atoms with van der Waals surface area (Å²) in [5.41, 5.74) is 1.57. The summed E-state index contributed by atoms with van der Waals surface area (Å²) in [6.07, 6.45) is 6.93. The Labute approximate surface area is 165 Å². The summed E-state index contributed by atoms with van der Waals surface area (Å²) in [5.74, 6) is 1.79. The van der Waals surface area contributed by atoms with Crippen LogP contribution in [0.5, 0.6) is 17.2 Å². The molecule has 0 fully saturated rings. The van der Waals surface area contributed by atoms with Crippen molar-refractivity contribution in [2.24, 2.45) is 5.92 Å². The molecule has 1 atom stereocenters. The number of ether oxygens (including phenoxy) is 2. The molecule has 1 heterocycles. The highest BCUT2D eigenvalue weighted by molar-refractivity contribution is 6.30. The van der Waals surface area contributed by atoms with Gasteiger partial charge in [-0.1, -0.05) is 24.6 Å². The van der Waals surface area contributed by atoms with Crippen LogP contribution in [0.2, 0.25) is 5.02 Å². The first kappa shape index (κ1) is 21.0. The SMILES string of the molecule is Cc1c(OCCCCOc2cncc(Cl)c2)ccc(CC(C)CC=O)c1O. The molecular formula is C21H26ClNO4. The highest BCUT2D eigenvalue weighted by atomic mass is 35.5. The van der Waals surface area contributed by atoms with E-state index in [1.165, 1.54) is 0 Å². The van der Waals surface area contributed by atoms with E-state index in [0.29, 0.717) is 42.6 Å². The zero-order valence-electron chi connectivity index (χ0n) is 15.8. The summed E-state index contributed by atoms with van der Waals surface area (Å²) in [4.78, 5) is 14.6. The zero-order chi connectivity index (χ0) is 19.6. The number of rotatable bonds is 11. The van der Waals surface area contributed by atoms with Crippen LogP contribution in [0.4, 0.5) is 0 Å². The Kier molecular flexibility index (Phi) is 8.40. The monoisotopic (exact) mass is 391 g/mol. The Balaban J connectivity index is 1.75. The van der Waals surface area contributed by atoms with Gasteiger partial charge in [0.25, 0.3) is 0 Å². The Morgan fingerprint density at radius 1 is 1.22 bits per heavy atom. The fourth-order valence-electron chi connectivity index (χ4n) is 2.73. The molecule has 0 amide bonds. The standard InChI is InChI=1S/C21H26ClNO4/c1-15(7-8-24)11-17-5-6-20(16(2)21(17)25)27-10-4-3-9-26-19-12-18(22)13-23-14-19/h5-6,8,12-15,25H,3-4,7,9-11H2,1-2H3. The quantitative estimate of drug-likeness (QED) is 0.442. The normalized spacial score (nSPS) is 11.8. The van der Waals surface area contributed by atoms with Gasteiger partial charge in [-0.25, -0.2) is 0 Å². The number of phenols is 1. The van der Waals surface area contributed by atoms with Crippen molar-refractivity contribution in [3.8, 4) is 17.2 Å². The van der Waals surface area contributed by atoms with Gasteiger partial charge in [0.05, 0.1) is 24.4 Å². The molecule has 0 bridgehead atoms. The minimum Gasteiger partial charge on any atom is -0.507 e. The van der Waals surface area contributed by atoms with Crippen LogP contribution in [0, 0.1) is 12.8 Å². The number of phenolic OH excluding ortho intramolecular Hbond substituents is 1. The van der Waals surface area contributed by atoms with Gasteiger partial charge in [-0.05, 0) is 43.7 Å². The van der Waals surface area contributed by atoms with E-state index >= 15 is 0 Å². The predicted octanol–water partition coefficient (Wildman–Crippen LogP) is 4.75.